The van der Waals surface area contributed by atoms with Crippen LogP contribution >= 0.6 is 0 Å². The zero-order chi connectivity index (χ0) is 29.8. The summed E-state index contributed by atoms with van der Waals surface area (Å²) in [5.74, 6) is 6.98. The first-order valence-electron chi connectivity index (χ1n) is 13.7. The minimum atomic E-state index is -0.574. The van der Waals surface area contributed by atoms with Crippen molar-refractivity contribution in [3.05, 3.63) is 41.9 Å². The minimum absolute atomic E-state index is 0.199. The van der Waals surface area contributed by atoms with Gasteiger partial charge in [-0.05, 0) is 46.9 Å². The van der Waals surface area contributed by atoms with E-state index in [1.54, 1.807) is 32.4 Å². The third-order valence-electron chi connectivity index (χ3n) is 6.23. The number of aromatic nitrogens is 5. The molecule has 0 saturated heterocycles. The van der Waals surface area contributed by atoms with Gasteiger partial charge in [0.25, 0.3) is 0 Å². The average Bonchev–Trinajstić information content (AvgIpc) is 3.32. The number of anilines is 3. The van der Waals surface area contributed by atoms with E-state index in [0.29, 0.717) is 48.9 Å². The van der Waals surface area contributed by atoms with Crippen molar-refractivity contribution >= 4 is 40.3 Å². The molecule has 0 aromatic carbocycles. The smallest absolute Gasteiger partial charge is 0.246 e. The molecule has 3 rings (SSSR count). The number of carbonyl (C=O) groups is 2. The summed E-state index contributed by atoms with van der Waals surface area (Å²) in [5, 5.41) is 17.4. The fourth-order valence-corrected chi connectivity index (χ4v) is 3.67. The van der Waals surface area contributed by atoms with Crippen LogP contribution in [-0.2, 0) is 9.59 Å². The highest BCUT2D eigenvalue weighted by Crippen LogP contribution is 2.21. The number of pyridine rings is 1. The van der Waals surface area contributed by atoms with Crippen molar-refractivity contribution in [1.29, 1.82) is 0 Å². The fraction of sp³-hybridized carbons (Fsp3) is 0.448. The molecular weight excluding hydrogens is 520 g/mol. The quantitative estimate of drug-likeness (QED) is 0.141. The fourth-order valence-electron chi connectivity index (χ4n) is 3.67. The third-order valence-corrected chi connectivity index (χ3v) is 6.23. The predicted octanol–water partition coefficient (Wildman–Crippen LogP) is 2.83. The van der Waals surface area contributed by atoms with Crippen LogP contribution in [-0.4, -0.2) is 93.6 Å². The third kappa shape index (κ3) is 9.29. The molecular formula is C29H40N10O2. The van der Waals surface area contributed by atoms with Crippen LogP contribution in [0.5, 0.6) is 0 Å². The van der Waals surface area contributed by atoms with E-state index in [1.165, 1.54) is 11.0 Å². The summed E-state index contributed by atoms with van der Waals surface area (Å²) in [5.41, 5.74) is 3.05. The number of likely N-dealkylation sites (N-methyl/N-ethyl adjacent to an activating group) is 2. The number of hydrogen-bond acceptors (Lipinski definition) is 9. The number of aryl methyl sites for hydroxylation is 1. The lowest BCUT2D eigenvalue weighted by Gasteiger charge is -2.23. The van der Waals surface area contributed by atoms with Crippen molar-refractivity contribution in [1.82, 2.24) is 40.3 Å². The first kappa shape index (κ1) is 31.0. The number of hydrogen-bond donors (Lipinski definition) is 4. The highest BCUT2D eigenvalue weighted by molar-refractivity contribution is 5.92. The van der Waals surface area contributed by atoms with E-state index in [4.69, 9.17) is 0 Å². The molecule has 0 aliphatic rings. The van der Waals surface area contributed by atoms with Crippen molar-refractivity contribution in [3.63, 3.8) is 0 Å². The van der Waals surface area contributed by atoms with E-state index < -0.39 is 6.04 Å². The van der Waals surface area contributed by atoms with Gasteiger partial charge in [-0.15, -0.1) is 0 Å². The van der Waals surface area contributed by atoms with Crippen molar-refractivity contribution in [2.24, 2.45) is 0 Å². The Balaban J connectivity index is 1.52. The highest BCUT2D eigenvalue weighted by atomic mass is 16.2. The van der Waals surface area contributed by atoms with Gasteiger partial charge in [0.1, 0.15) is 11.9 Å². The summed E-state index contributed by atoms with van der Waals surface area (Å²) in [6.07, 6.45) is 8.85. The second-order valence-electron chi connectivity index (χ2n) is 9.94. The first-order chi connectivity index (χ1) is 19.7. The Kier molecular flexibility index (Phi) is 11.6. The number of amides is 2. The zero-order valence-electron chi connectivity index (χ0n) is 24.7. The van der Waals surface area contributed by atoms with E-state index in [9.17, 15) is 9.59 Å². The maximum Gasteiger partial charge on any atom is 0.246 e. The van der Waals surface area contributed by atoms with Crippen LogP contribution < -0.4 is 16.0 Å². The number of nitrogens with zero attached hydrogens (tertiary/aromatic N) is 6. The Morgan fingerprint density at radius 1 is 1.17 bits per heavy atom. The standard InChI is InChI=1S/C29H40N10O2/c1-7-14-30-26-22(18-33-29(35-26)34-23-17-24-20(2)36-37-27(24)32-19-23)12-9-8-10-15-31-28(41)21(3)39(6)25(40)13-11-16-38(4)5/h11,13,17-19,21H,7-8,10,14-16H2,1-6H3,(H,31,41)(H,32,36,37)(H2,30,33,34,35)/t21-/m0/s1. The largest absolute Gasteiger partial charge is 0.369 e. The summed E-state index contributed by atoms with van der Waals surface area (Å²) in [7, 11) is 5.47. The van der Waals surface area contributed by atoms with Gasteiger partial charge in [0, 0.05) is 50.3 Å². The lowest BCUT2D eigenvalue weighted by molar-refractivity contribution is -0.135. The molecule has 0 unspecified atom stereocenters. The molecule has 218 valence electrons. The van der Waals surface area contributed by atoms with Crippen LogP contribution in [0, 0.1) is 18.8 Å². The molecule has 2 amide bonds. The molecule has 12 nitrogen and oxygen atoms in total. The van der Waals surface area contributed by atoms with Gasteiger partial charge in [0.2, 0.25) is 17.8 Å². The van der Waals surface area contributed by atoms with Crippen molar-refractivity contribution in [3.8, 4) is 11.8 Å². The lowest BCUT2D eigenvalue weighted by Crippen LogP contribution is -2.45. The van der Waals surface area contributed by atoms with Gasteiger partial charge < -0.3 is 25.8 Å². The molecule has 3 heterocycles. The molecule has 1 atom stereocenters. The molecule has 3 aromatic rings. The van der Waals surface area contributed by atoms with Crippen molar-refractivity contribution < 1.29 is 9.59 Å². The predicted molar refractivity (Wildman–Crippen MR) is 162 cm³/mol. The van der Waals surface area contributed by atoms with Gasteiger partial charge >= 0.3 is 0 Å². The van der Waals surface area contributed by atoms with Gasteiger partial charge in [-0.2, -0.15) is 10.1 Å². The minimum Gasteiger partial charge on any atom is -0.369 e. The molecule has 0 aliphatic heterocycles. The molecule has 0 spiro atoms. The molecule has 4 N–H and O–H groups in total. The second kappa shape index (κ2) is 15.3. The molecule has 0 aliphatic carbocycles. The van der Waals surface area contributed by atoms with Crippen LogP contribution in [0.4, 0.5) is 17.5 Å². The molecule has 0 saturated carbocycles. The Morgan fingerprint density at radius 2 is 1.98 bits per heavy atom. The lowest BCUT2D eigenvalue weighted by atomic mass is 10.2. The van der Waals surface area contributed by atoms with Gasteiger partial charge in [-0.1, -0.05) is 24.8 Å². The van der Waals surface area contributed by atoms with Crippen molar-refractivity contribution in [2.75, 3.05) is 51.4 Å². The van der Waals surface area contributed by atoms with E-state index in [2.05, 4.69) is 59.9 Å². The molecule has 0 fully saturated rings. The number of aromatic amines is 1. The molecule has 12 heteroatoms. The van der Waals surface area contributed by atoms with Crippen LogP contribution in [0.25, 0.3) is 11.0 Å². The normalized spacial score (nSPS) is 11.8. The SMILES string of the molecule is CCCNc1nc(Nc2cnc3n[nH]c(C)c3c2)ncc1C#CCCCNC(=O)[C@H](C)N(C)C(=O)C=CCN(C)C. The topological polar surface area (TPSA) is 144 Å². The van der Waals surface area contributed by atoms with E-state index in [0.717, 1.165) is 29.7 Å². The molecule has 0 radical (unpaired) electrons. The number of rotatable bonds is 13. The average molecular weight is 561 g/mol. The number of nitrogens with one attached hydrogen (secondary N) is 4. The Bertz CT molecular complexity index is 1420. The molecule has 41 heavy (non-hydrogen) atoms. The van der Waals surface area contributed by atoms with E-state index >= 15 is 0 Å². The highest BCUT2D eigenvalue weighted by Gasteiger charge is 2.20. The summed E-state index contributed by atoms with van der Waals surface area (Å²) >= 11 is 0. The summed E-state index contributed by atoms with van der Waals surface area (Å²) in [4.78, 5) is 41.6. The maximum absolute atomic E-state index is 12.5. The summed E-state index contributed by atoms with van der Waals surface area (Å²) in [6, 6.07) is 1.38. The second-order valence-corrected chi connectivity index (χ2v) is 9.94. The number of H-pyrrole nitrogens is 1. The molecule has 3 aromatic heterocycles. The van der Waals surface area contributed by atoms with E-state index in [-0.39, 0.29) is 11.8 Å². The van der Waals surface area contributed by atoms with Crippen LogP contribution in [0.2, 0.25) is 0 Å². The van der Waals surface area contributed by atoms with Crippen molar-refractivity contribution in [2.45, 2.75) is 46.1 Å². The Morgan fingerprint density at radius 3 is 2.73 bits per heavy atom. The summed E-state index contributed by atoms with van der Waals surface area (Å²) < 4.78 is 0. The summed E-state index contributed by atoms with van der Waals surface area (Å²) in [6.45, 7) is 7.61. The van der Waals surface area contributed by atoms with Gasteiger partial charge in [-0.25, -0.2) is 9.97 Å². The van der Waals surface area contributed by atoms with Crippen LogP contribution in [0.1, 0.15) is 44.4 Å². The van der Waals surface area contributed by atoms with Crippen LogP contribution in [0.15, 0.2) is 30.6 Å². The van der Waals surface area contributed by atoms with Gasteiger partial charge in [-0.3, -0.25) is 14.7 Å². The van der Waals surface area contributed by atoms with Gasteiger partial charge in [0.05, 0.1) is 23.6 Å². The Hall–Kier alpha value is -4.50. The monoisotopic (exact) mass is 560 g/mol. The Labute approximate surface area is 241 Å². The maximum atomic E-state index is 12.5. The molecule has 0 bridgehead atoms. The van der Waals surface area contributed by atoms with Gasteiger partial charge in [0.15, 0.2) is 5.65 Å². The number of unbranched alkanes of at least 4 members (excludes halogenated alkanes) is 1. The van der Waals surface area contributed by atoms with E-state index in [1.807, 2.05) is 32.0 Å². The zero-order valence-corrected chi connectivity index (χ0v) is 24.7. The van der Waals surface area contributed by atoms with Crippen LogP contribution in [0.3, 0.4) is 0 Å². The first-order valence-corrected chi connectivity index (χ1v) is 13.7. The number of fused-ring (bicyclic) bond motifs is 1. The number of carbonyl (C=O) groups excluding carboxylic acids is 2.